The van der Waals surface area contributed by atoms with Crippen molar-refractivity contribution in [2.24, 2.45) is 0 Å². The molecule has 2 amide bonds. The molecule has 2 N–H and O–H groups in total. The van der Waals surface area contributed by atoms with Crippen LogP contribution in [-0.4, -0.2) is 35.5 Å². The minimum absolute atomic E-state index is 0.137. The summed E-state index contributed by atoms with van der Waals surface area (Å²) in [6.45, 7) is 2.57. The predicted molar refractivity (Wildman–Crippen MR) is 128 cm³/mol. The minimum Gasteiger partial charge on any atom is -0.454 e. The topological polar surface area (TPSA) is 113 Å². The van der Waals surface area contributed by atoms with E-state index in [1.165, 1.54) is 18.2 Å². The molecular formula is C24H20Cl2N4O4. The molecule has 0 fully saturated rings. The summed E-state index contributed by atoms with van der Waals surface area (Å²) in [5, 5.41) is 15.1. The van der Waals surface area contributed by atoms with Crippen LogP contribution in [0, 0.1) is 25.2 Å². The van der Waals surface area contributed by atoms with Gasteiger partial charge in [-0.3, -0.25) is 19.0 Å². The first-order valence-corrected chi connectivity index (χ1v) is 10.8. The Hall–Kier alpha value is -3.80. The number of amides is 2. The smallest absolute Gasteiger partial charge is 0.325 e. The molecule has 174 valence electrons. The second-order valence-electron chi connectivity index (χ2n) is 7.23. The lowest BCUT2D eigenvalue weighted by molar-refractivity contribution is -0.146. The SMILES string of the molecule is Cc1c(C#N)c(NC(=O)COC(=O)CNC(=O)c2ccc(Cl)cc2Cl)n(-c2ccccc2)c1C. The molecule has 1 aromatic heterocycles. The Morgan fingerprint density at radius 1 is 1.09 bits per heavy atom. The molecule has 0 atom stereocenters. The van der Waals surface area contributed by atoms with Gasteiger partial charge in [-0.2, -0.15) is 5.26 Å². The molecule has 8 nitrogen and oxygen atoms in total. The molecule has 2 aromatic carbocycles. The van der Waals surface area contributed by atoms with Crippen LogP contribution >= 0.6 is 23.2 Å². The number of para-hydroxylation sites is 1. The summed E-state index contributed by atoms with van der Waals surface area (Å²) in [4.78, 5) is 36.7. The number of ether oxygens (including phenoxy) is 1. The van der Waals surface area contributed by atoms with Crippen molar-refractivity contribution in [3.8, 4) is 11.8 Å². The number of nitrogens with zero attached hydrogens (tertiary/aromatic N) is 2. The Bertz CT molecular complexity index is 1300. The number of halogens is 2. The van der Waals surface area contributed by atoms with Gasteiger partial charge in [0.1, 0.15) is 18.4 Å². The van der Waals surface area contributed by atoms with E-state index in [-0.39, 0.29) is 16.4 Å². The number of nitriles is 1. The van der Waals surface area contributed by atoms with E-state index in [4.69, 9.17) is 27.9 Å². The van der Waals surface area contributed by atoms with E-state index < -0.39 is 30.9 Å². The highest BCUT2D eigenvalue weighted by molar-refractivity contribution is 6.36. The molecule has 3 rings (SSSR count). The van der Waals surface area contributed by atoms with Crippen LogP contribution in [0.5, 0.6) is 0 Å². The molecule has 0 bridgehead atoms. The van der Waals surface area contributed by atoms with Gasteiger partial charge in [-0.15, -0.1) is 0 Å². The molecule has 0 saturated carbocycles. The minimum atomic E-state index is -0.820. The number of hydrogen-bond acceptors (Lipinski definition) is 5. The number of anilines is 1. The van der Waals surface area contributed by atoms with Crippen molar-refractivity contribution >= 4 is 46.8 Å². The van der Waals surface area contributed by atoms with Gasteiger partial charge in [-0.05, 0) is 49.7 Å². The van der Waals surface area contributed by atoms with Gasteiger partial charge in [0, 0.05) is 16.4 Å². The van der Waals surface area contributed by atoms with Gasteiger partial charge in [0.05, 0.1) is 16.1 Å². The van der Waals surface area contributed by atoms with Gasteiger partial charge in [0.25, 0.3) is 11.8 Å². The molecule has 0 aliphatic rings. The molecule has 1 heterocycles. The van der Waals surface area contributed by atoms with E-state index >= 15 is 0 Å². The zero-order valence-electron chi connectivity index (χ0n) is 18.3. The number of benzene rings is 2. The number of carbonyl (C=O) groups excluding carboxylic acids is 3. The van der Waals surface area contributed by atoms with Crippen LogP contribution in [0.2, 0.25) is 10.0 Å². The van der Waals surface area contributed by atoms with Crippen LogP contribution in [0.15, 0.2) is 48.5 Å². The van der Waals surface area contributed by atoms with Crippen LogP contribution in [0.4, 0.5) is 5.82 Å². The molecule has 0 spiro atoms. The molecular weight excluding hydrogens is 479 g/mol. The summed E-state index contributed by atoms with van der Waals surface area (Å²) in [6.07, 6.45) is 0. The van der Waals surface area contributed by atoms with E-state index in [1.807, 2.05) is 37.3 Å². The van der Waals surface area contributed by atoms with Gasteiger partial charge in [-0.25, -0.2) is 0 Å². The molecule has 34 heavy (non-hydrogen) atoms. The number of carbonyl (C=O) groups is 3. The Balaban J connectivity index is 1.62. The maximum absolute atomic E-state index is 12.5. The monoisotopic (exact) mass is 498 g/mol. The number of aromatic nitrogens is 1. The highest BCUT2D eigenvalue weighted by Gasteiger charge is 2.21. The van der Waals surface area contributed by atoms with Crippen molar-refractivity contribution in [1.29, 1.82) is 5.26 Å². The van der Waals surface area contributed by atoms with Crippen molar-refractivity contribution in [3.63, 3.8) is 0 Å². The second kappa shape index (κ2) is 10.9. The fraction of sp³-hybridized carbons (Fsp3) is 0.167. The lowest BCUT2D eigenvalue weighted by Crippen LogP contribution is -2.32. The molecule has 0 radical (unpaired) electrons. The molecule has 0 unspecified atom stereocenters. The number of rotatable bonds is 7. The molecule has 0 aliphatic heterocycles. The Morgan fingerprint density at radius 3 is 2.44 bits per heavy atom. The number of hydrogen-bond donors (Lipinski definition) is 2. The largest absolute Gasteiger partial charge is 0.454 e. The quantitative estimate of drug-likeness (QED) is 0.474. The summed E-state index contributed by atoms with van der Waals surface area (Å²) in [5.41, 5.74) is 2.74. The summed E-state index contributed by atoms with van der Waals surface area (Å²) in [6, 6.07) is 15.7. The average Bonchev–Trinajstić information content (AvgIpc) is 3.05. The molecule has 3 aromatic rings. The van der Waals surface area contributed by atoms with Gasteiger partial charge in [-0.1, -0.05) is 41.4 Å². The van der Waals surface area contributed by atoms with Crippen LogP contribution < -0.4 is 10.6 Å². The Labute approximate surface area is 206 Å². The third-order valence-electron chi connectivity index (χ3n) is 5.03. The maximum Gasteiger partial charge on any atom is 0.325 e. The lowest BCUT2D eigenvalue weighted by atomic mass is 10.2. The van der Waals surface area contributed by atoms with E-state index in [2.05, 4.69) is 16.7 Å². The first-order valence-electron chi connectivity index (χ1n) is 10.1. The van der Waals surface area contributed by atoms with E-state index in [9.17, 15) is 19.6 Å². The van der Waals surface area contributed by atoms with E-state index in [1.54, 1.807) is 11.5 Å². The van der Waals surface area contributed by atoms with Crippen molar-refractivity contribution in [2.75, 3.05) is 18.5 Å². The van der Waals surface area contributed by atoms with E-state index in [0.717, 1.165) is 16.9 Å². The number of nitrogens with one attached hydrogen (secondary N) is 2. The van der Waals surface area contributed by atoms with Gasteiger partial charge < -0.3 is 15.4 Å². The molecule has 0 aliphatic carbocycles. The van der Waals surface area contributed by atoms with Gasteiger partial charge in [0.2, 0.25) is 0 Å². The third-order valence-corrected chi connectivity index (χ3v) is 5.58. The average molecular weight is 499 g/mol. The zero-order valence-corrected chi connectivity index (χ0v) is 19.8. The summed E-state index contributed by atoms with van der Waals surface area (Å²) in [7, 11) is 0. The summed E-state index contributed by atoms with van der Waals surface area (Å²) >= 11 is 11.8. The second-order valence-corrected chi connectivity index (χ2v) is 8.08. The Morgan fingerprint density at radius 2 is 1.79 bits per heavy atom. The van der Waals surface area contributed by atoms with E-state index in [0.29, 0.717) is 10.6 Å². The van der Waals surface area contributed by atoms with Crippen molar-refractivity contribution in [1.82, 2.24) is 9.88 Å². The van der Waals surface area contributed by atoms with Crippen molar-refractivity contribution in [2.45, 2.75) is 13.8 Å². The van der Waals surface area contributed by atoms with Gasteiger partial charge in [0.15, 0.2) is 6.61 Å². The summed E-state index contributed by atoms with van der Waals surface area (Å²) < 4.78 is 6.71. The van der Waals surface area contributed by atoms with Crippen LogP contribution in [0.1, 0.15) is 27.2 Å². The third kappa shape index (κ3) is 5.57. The normalized spacial score (nSPS) is 10.3. The number of esters is 1. The molecule has 10 heteroatoms. The fourth-order valence-corrected chi connectivity index (χ4v) is 3.74. The summed E-state index contributed by atoms with van der Waals surface area (Å²) in [5.74, 6) is -1.75. The predicted octanol–water partition coefficient (Wildman–Crippen LogP) is 4.18. The van der Waals surface area contributed by atoms with Crippen molar-refractivity contribution < 1.29 is 19.1 Å². The fourth-order valence-electron chi connectivity index (χ4n) is 3.25. The van der Waals surface area contributed by atoms with Crippen LogP contribution in [0.25, 0.3) is 5.69 Å². The lowest BCUT2D eigenvalue weighted by Gasteiger charge is -2.13. The maximum atomic E-state index is 12.5. The van der Waals surface area contributed by atoms with Crippen LogP contribution in [-0.2, 0) is 14.3 Å². The Kier molecular flexibility index (Phi) is 7.95. The standard InChI is InChI=1S/C24H20Cl2N4O4/c1-14-15(2)30(17-6-4-3-5-7-17)23(19(14)11-27)29-21(31)13-34-22(32)12-28-24(33)18-9-8-16(25)10-20(18)26/h3-10H,12-13H2,1-2H3,(H,28,33)(H,29,31). The van der Waals surface area contributed by atoms with Crippen molar-refractivity contribution in [3.05, 3.63) is 81.0 Å². The zero-order chi connectivity index (χ0) is 24.8. The van der Waals surface area contributed by atoms with Crippen LogP contribution in [0.3, 0.4) is 0 Å². The van der Waals surface area contributed by atoms with Gasteiger partial charge >= 0.3 is 5.97 Å². The highest BCUT2D eigenvalue weighted by atomic mass is 35.5. The molecule has 0 saturated heterocycles. The first-order chi connectivity index (χ1) is 16.2. The highest BCUT2D eigenvalue weighted by Crippen LogP contribution is 2.29. The first kappa shape index (κ1) is 24.8.